The molecule has 5 heteroatoms. The molecule has 0 radical (unpaired) electrons. The van der Waals surface area contributed by atoms with E-state index in [1.54, 1.807) is 0 Å². The van der Waals surface area contributed by atoms with Crippen molar-refractivity contribution in [2.45, 2.75) is 39.8 Å². The summed E-state index contributed by atoms with van der Waals surface area (Å²) in [5.74, 6) is 0. The Morgan fingerprint density at radius 3 is 2.00 bits per heavy atom. The third-order valence-corrected chi connectivity index (χ3v) is 3.02. The Morgan fingerprint density at radius 2 is 1.75 bits per heavy atom. The van der Waals surface area contributed by atoms with Gasteiger partial charge in [0.05, 0.1) is 6.10 Å². The lowest BCUT2D eigenvalue weighted by Crippen LogP contribution is -2.23. The summed E-state index contributed by atoms with van der Waals surface area (Å²) in [5.41, 5.74) is 0. The molecular weight excluding hydrogens is 177 g/mol. The summed E-state index contributed by atoms with van der Waals surface area (Å²) >= 11 is 0. The summed E-state index contributed by atoms with van der Waals surface area (Å²) in [6.07, 6.45) is -0.109. The third-order valence-electron chi connectivity index (χ3n) is 1.01. The van der Waals surface area contributed by atoms with Gasteiger partial charge in [-0.2, -0.15) is 0 Å². The Hall–Kier alpha value is 0.110. The summed E-state index contributed by atoms with van der Waals surface area (Å²) < 4.78 is 21.5. The van der Waals surface area contributed by atoms with Crippen molar-refractivity contribution in [3.8, 4) is 0 Å². The highest BCUT2D eigenvalue weighted by molar-refractivity contribution is 7.51. The number of nitrogens with one attached hydrogen (secondary N) is 1. The fraction of sp³-hybridized carbons (Fsp3) is 1.00. The van der Waals surface area contributed by atoms with Crippen molar-refractivity contribution in [3.05, 3.63) is 0 Å². The molecule has 0 saturated heterocycles. The van der Waals surface area contributed by atoms with Gasteiger partial charge in [-0.25, -0.2) is 9.65 Å². The molecule has 4 nitrogen and oxygen atoms in total. The highest BCUT2D eigenvalue weighted by Crippen LogP contribution is 2.44. The van der Waals surface area contributed by atoms with Crippen molar-refractivity contribution >= 4 is 7.75 Å². The lowest BCUT2D eigenvalue weighted by molar-refractivity contribution is 0.178. The van der Waals surface area contributed by atoms with Crippen LogP contribution in [0, 0.1) is 0 Å². The highest BCUT2D eigenvalue weighted by Gasteiger charge is 2.24. The third kappa shape index (κ3) is 4.88. The van der Waals surface area contributed by atoms with Crippen LogP contribution in [0.2, 0.25) is 0 Å². The normalized spacial score (nSPS) is 16.9. The van der Waals surface area contributed by atoms with Gasteiger partial charge in [-0.1, -0.05) is 0 Å². The Morgan fingerprint density at radius 1 is 1.25 bits per heavy atom. The van der Waals surface area contributed by atoms with E-state index in [1.165, 1.54) is 7.11 Å². The van der Waals surface area contributed by atoms with Crippen LogP contribution in [0.1, 0.15) is 27.7 Å². The lowest BCUT2D eigenvalue weighted by atomic mass is 10.4. The standard InChI is InChI=1S/C7H18NO3P/c1-6(2)8-12(9,10-5)11-7(3)4/h6-7H,1-5H3,(H,8,9). The molecule has 1 unspecified atom stereocenters. The maximum Gasteiger partial charge on any atom is 0.405 e. The highest BCUT2D eigenvalue weighted by atomic mass is 31.2. The van der Waals surface area contributed by atoms with Crippen molar-refractivity contribution < 1.29 is 13.6 Å². The zero-order valence-corrected chi connectivity index (χ0v) is 9.22. The minimum atomic E-state index is -3.06. The fourth-order valence-electron chi connectivity index (χ4n) is 0.720. The van der Waals surface area contributed by atoms with Crippen LogP contribution in [-0.2, 0) is 13.6 Å². The monoisotopic (exact) mass is 195 g/mol. The quantitative estimate of drug-likeness (QED) is 0.683. The first kappa shape index (κ1) is 12.1. The molecule has 0 rings (SSSR count). The van der Waals surface area contributed by atoms with Crippen molar-refractivity contribution in [1.82, 2.24) is 5.09 Å². The Labute approximate surface area is 74.2 Å². The molecule has 0 amide bonds. The second kappa shape index (κ2) is 4.97. The van der Waals surface area contributed by atoms with Crippen LogP contribution >= 0.6 is 7.75 Å². The van der Waals surface area contributed by atoms with Gasteiger partial charge in [-0.3, -0.25) is 4.52 Å². The second-order valence-corrected chi connectivity index (χ2v) is 4.95. The van der Waals surface area contributed by atoms with Crippen LogP contribution in [0.3, 0.4) is 0 Å². The molecule has 0 aliphatic heterocycles. The van der Waals surface area contributed by atoms with Gasteiger partial charge in [-0.15, -0.1) is 0 Å². The minimum Gasteiger partial charge on any atom is -0.300 e. The van der Waals surface area contributed by atoms with Crippen LogP contribution in [0.5, 0.6) is 0 Å². The average Bonchev–Trinajstić information content (AvgIpc) is 1.83. The lowest BCUT2D eigenvalue weighted by Gasteiger charge is -2.21. The first-order valence-corrected chi connectivity index (χ1v) is 5.56. The van der Waals surface area contributed by atoms with Crippen LogP contribution in [-0.4, -0.2) is 19.3 Å². The Balaban J connectivity index is 4.15. The molecule has 1 N–H and O–H groups in total. The van der Waals surface area contributed by atoms with Gasteiger partial charge >= 0.3 is 7.75 Å². The van der Waals surface area contributed by atoms with Crippen molar-refractivity contribution in [1.29, 1.82) is 0 Å². The van der Waals surface area contributed by atoms with Crippen molar-refractivity contribution in [2.75, 3.05) is 7.11 Å². The summed E-state index contributed by atoms with van der Waals surface area (Å²) in [6.45, 7) is 7.39. The summed E-state index contributed by atoms with van der Waals surface area (Å²) in [4.78, 5) is 0. The van der Waals surface area contributed by atoms with Gasteiger partial charge < -0.3 is 4.52 Å². The molecule has 0 saturated carbocycles. The van der Waals surface area contributed by atoms with E-state index < -0.39 is 7.75 Å². The van der Waals surface area contributed by atoms with Crippen LogP contribution < -0.4 is 5.09 Å². The van der Waals surface area contributed by atoms with Gasteiger partial charge in [-0.05, 0) is 27.7 Å². The molecule has 12 heavy (non-hydrogen) atoms. The second-order valence-electron chi connectivity index (χ2n) is 3.12. The minimum absolute atomic E-state index is 0.0783. The predicted molar refractivity (Wildman–Crippen MR) is 49.1 cm³/mol. The summed E-state index contributed by atoms with van der Waals surface area (Å²) in [6, 6.07) is 0.0783. The van der Waals surface area contributed by atoms with E-state index >= 15 is 0 Å². The molecule has 0 bridgehead atoms. The molecule has 1 atom stereocenters. The maximum absolute atomic E-state index is 11.6. The molecule has 0 aromatic carbocycles. The van der Waals surface area contributed by atoms with Crippen LogP contribution in [0.25, 0.3) is 0 Å². The molecule has 0 spiro atoms. The zero-order valence-electron chi connectivity index (χ0n) is 8.33. The average molecular weight is 195 g/mol. The number of hydrogen-bond acceptors (Lipinski definition) is 3. The van der Waals surface area contributed by atoms with E-state index in [4.69, 9.17) is 9.05 Å². The molecule has 0 fully saturated rings. The van der Waals surface area contributed by atoms with E-state index in [2.05, 4.69) is 5.09 Å². The number of rotatable bonds is 5. The summed E-state index contributed by atoms with van der Waals surface area (Å²) in [7, 11) is -1.69. The van der Waals surface area contributed by atoms with Gasteiger partial charge in [0.15, 0.2) is 0 Å². The molecule has 0 aliphatic rings. The van der Waals surface area contributed by atoms with E-state index in [0.29, 0.717) is 0 Å². The fourth-order valence-corrected chi connectivity index (χ4v) is 2.16. The van der Waals surface area contributed by atoms with Crippen molar-refractivity contribution in [2.24, 2.45) is 0 Å². The molecular formula is C7H18NO3P. The molecule has 0 aromatic rings. The van der Waals surface area contributed by atoms with Gasteiger partial charge in [0.25, 0.3) is 0 Å². The van der Waals surface area contributed by atoms with Gasteiger partial charge in [0, 0.05) is 13.2 Å². The Kier molecular flexibility index (Phi) is 5.02. The van der Waals surface area contributed by atoms with E-state index in [-0.39, 0.29) is 12.1 Å². The van der Waals surface area contributed by atoms with Crippen molar-refractivity contribution in [3.63, 3.8) is 0 Å². The first-order valence-electron chi connectivity index (χ1n) is 4.01. The van der Waals surface area contributed by atoms with E-state index in [9.17, 15) is 4.57 Å². The molecule has 0 heterocycles. The predicted octanol–water partition coefficient (Wildman–Crippen LogP) is 2.16. The smallest absolute Gasteiger partial charge is 0.300 e. The summed E-state index contributed by atoms with van der Waals surface area (Å²) in [5, 5.41) is 2.75. The molecule has 0 aromatic heterocycles. The molecule has 0 aliphatic carbocycles. The van der Waals surface area contributed by atoms with Crippen LogP contribution in [0.15, 0.2) is 0 Å². The van der Waals surface area contributed by atoms with E-state index in [1.807, 2.05) is 27.7 Å². The van der Waals surface area contributed by atoms with Gasteiger partial charge in [0.2, 0.25) is 0 Å². The topological polar surface area (TPSA) is 47.6 Å². The number of hydrogen-bond donors (Lipinski definition) is 1. The maximum atomic E-state index is 11.6. The Bertz CT molecular complexity index is 156. The van der Waals surface area contributed by atoms with E-state index in [0.717, 1.165) is 0 Å². The largest absolute Gasteiger partial charge is 0.405 e. The van der Waals surface area contributed by atoms with Crippen LogP contribution in [0.4, 0.5) is 0 Å². The SMILES string of the molecule is COP(=O)(NC(C)C)OC(C)C. The molecule has 74 valence electrons. The zero-order chi connectivity index (χ0) is 9.78. The first-order chi connectivity index (χ1) is 5.39. The van der Waals surface area contributed by atoms with Gasteiger partial charge in [0.1, 0.15) is 0 Å².